The van der Waals surface area contributed by atoms with Crippen molar-refractivity contribution in [3.8, 4) is 0 Å². The van der Waals surface area contributed by atoms with Crippen LogP contribution >= 0.6 is 0 Å². The van der Waals surface area contributed by atoms with Gasteiger partial charge in [-0.2, -0.15) is 0 Å². The predicted molar refractivity (Wildman–Crippen MR) is 64.7 cm³/mol. The molecule has 0 aliphatic heterocycles. The number of carboxylic acid groups (broad SMARTS) is 1. The van der Waals surface area contributed by atoms with Crippen molar-refractivity contribution in [1.82, 2.24) is 10.5 Å². The van der Waals surface area contributed by atoms with Crippen LogP contribution in [0.1, 0.15) is 54.3 Å². The lowest BCUT2D eigenvalue weighted by molar-refractivity contribution is -0.153. The van der Waals surface area contributed by atoms with Crippen molar-refractivity contribution in [2.45, 2.75) is 38.0 Å². The van der Waals surface area contributed by atoms with Crippen LogP contribution in [0.2, 0.25) is 0 Å². The van der Waals surface area contributed by atoms with E-state index in [0.717, 1.165) is 25.0 Å². The number of hydrogen-bond donors (Lipinski definition) is 2. The summed E-state index contributed by atoms with van der Waals surface area (Å²) in [5.41, 5.74) is -0.541. The van der Waals surface area contributed by atoms with Crippen LogP contribution in [-0.4, -0.2) is 28.7 Å². The molecule has 19 heavy (non-hydrogen) atoms. The maximum absolute atomic E-state index is 11.9. The number of carbonyl (C=O) groups excluding carboxylic acids is 1. The monoisotopic (exact) mass is 264 g/mol. The molecule has 0 bridgehead atoms. The second kappa shape index (κ2) is 4.36. The Bertz CT molecular complexity index is 514. The summed E-state index contributed by atoms with van der Waals surface area (Å²) in [5, 5.41) is 15.6. The number of nitrogens with one attached hydrogen (secondary N) is 1. The van der Waals surface area contributed by atoms with E-state index in [1.165, 1.54) is 0 Å². The molecule has 102 valence electrons. The number of amides is 1. The van der Waals surface area contributed by atoms with Gasteiger partial charge in [0, 0.05) is 18.5 Å². The minimum atomic E-state index is -0.835. The van der Waals surface area contributed by atoms with Gasteiger partial charge in [-0.1, -0.05) is 11.6 Å². The summed E-state index contributed by atoms with van der Waals surface area (Å²) < 4.78 is 5.10. The summed E-state index contributed by atoms with van der Waals surface area (Å²) in [5.74, 6) is -0.0335. The lowest BCUT2D eigenvalue weighted by Crippen LogP contribution is -2.47. The van der Waals surface area contributed by atoms with Crippen LogP contribution < -0.4 is 5.32 Å². The quantitative estimate of drug-likeness (QED) is 0.841. The van der Waals surface area contributed by atoms with Crippen molar-refractivity contribution in [1.29, 1.82) is 0 Å². The molecule has 6 nitrogen and oxygen atoms in total. The van der Waals surface area contributed by atoms with Crippen LogP contribution in [0.15, 0.2) is 10.6 Å². The molecule has 2 saturated carbocycles. The molecular weight excluding hydrogens is 248 g/mol. The average Bonchev–Trinajstić information content (AvgIpc) is 3.05. The van der Waals surface area contributed by atoms with E-state index < -0.39 is 11.4 Å². The van der Waals surface area contributed by atoms with E-state index in [4.69, 9.17) is 9.63 Å². The normalized spacial score (nSPS) is 20.6. The van der Waals surface area contributed by atoms with Gasteiger partial charge in [-0.3, -0.25) is 9.59 Å². The van der Waals surface area contributed by atoms with Crippen molar-refractivity contribution >= 4 is 11.9 Å². The molecular formula is C13H16N2O4. The fraction of sp³-hybridized carbons (Fsp3) is 0.615. The molecule has 0 unspecified atom stereocenters. The van der Waals surface area contributed by atoms with Gasteiger partial charge in [0.1, 0.15) is 5.76 Å². The Kier molecular flexibility index (Phi) is 2.80. The first-order valence-corrected chi connectivity index (χ1v) is 6.59. The third-order valence-electron chi connectivity index (χ3n) is 4.09. The topological polar surface area (TPSA) is 92.4 Å². The molecule has 0 atom stereocenters. The highest BCUT2D eigenvalue weighted by atomic mass is 16.5. The lowest BCUT2D eigenvalue weighted by atomic mass is 9.69. The summed E-state index contributed by atoms with van der Waals surface area (Å²) in [4.78, 5) is 23.1. The Morgan fingerprint density at radius 1 is 1.47 bits per heavy atom. The zero-order valence-electron chi connectivity index (χ0n) is 10.5. The summed E-state index contributed by atoms with van der Waals surface area (Å²) in [6.45, 7) is 0.160. The van der Waals surface area contributed by atoms with Crippen LogP contribution in [0, 0.1) is 5.41 Å². The molecule has 0 radical (unpaired) electrons. The lowest BCUT2D eigenvalue weighted by Gasteiger charge is -2.37. The van der Waals surface area contributed by atoms with E-state index in [-0.39, 0.29) is 18.1 Å². The maximum atomic E-state index is 11.9. The van der Waals surface area contributed by atoms with Gasteiger partial charge in [0.2, 0.25) is 0 Å². The molecule has 0 spiro atoms. The summed E-state index contributed by atoms with van der Waals surface area (Å²) in [6, 6.07) is 1.65. The first-order chi connectivity index (χ1) is 9.11. The molecule has 2 aliphatic carbocycles. The highest BCUT2D eigenvalue weighted by Gasteiger charge is 2.44. The van der Waals surface area contributed by atoms with Crippen molar-refractivity contribution in [2.24, 2.45) is 5.41 Å². The van der Waals surface area contributed by atoms with Crippen LogP contribution in [0.25, 0.3) is 0 Å². The minimum absolute atomic E-state index is 0.160. The fourth-order valence-electron chi connectivity index (χ4n) is 2.37. The summed E-state index contributed by atoms with van der Waals surface area (Å²) >= 11 is 0. The second-order valence-corrected chi connectivity index (χ2v) is 5.51. The third-order valence-corrected chi connectivity index (χ3v) is 4.09. The zero-order chi connectivity index (χ0) is 13.5. The molecule has 0 saturated heterocycles. The summed E-state index contributed by atoms with van der Waals surface area (Å²) in [6.07, 6.45) is 4.30. The predicted octanol–water partition coefficient (Wildman–Crippen LogP) is 1.54. The van der Waals surface area contributed by atoms with Crippen molar-refractivity contribution < 1.29 is 19.2 Å². The van der Waals surface area contributed by atoms with Crippen molar-refractivity contribution in [2.75, 3.05) is 6.54 Å². The van der Waals surface area contributed by atoms with Gasteiger partial charge in [0.15, 0.2) is 5.69 Å². The smallest absolute Gasteiger partial charge is 0.311 e. The molecule has 1 aromatic rings. The minimum Gasteiger partial charge on any atom is -0.481 e. The Morgan fingerprint density at radius 2 is 2.21 bits per heavy atom. The van der Waals surface area contributed by atoms with Crippen LogP contribution in [0.4, 0.5) is 0 Å². The second-order valence-electron chi connectivity index (χ2n) is 5.51. The molecule has 1 aromatic heterocycles. The SMILES string of the molecule is O=C(NCC1(C(=O)O)CCC1)c1cc(C2CC2)on1. The van der Waals surface area contributed by atoms with Crippen molar-refractivity contribution in [3.63, 3.8) is 0 Å². The Hall–Kier alpha value is -1.85. The van der Waals surface area contributed by atoms with Gasteiger partial charge in [0.05, 0.1) is 5.41 Å². The van der Waals surface area contributed by atoms with E-state index in [1.54, 1.807) is 6.07 Å². The van der Waals surface area contributed by atoms with E-state index in [1.807, 2.05) is 0 Å². The van der Waals surface area contributed by atoms with E-state index in [0.29, 0.717) is 18.8 Å². The Balaban J connectivity index is 1.59. The number of aliphatic carboxylic acids is 1. The number of hydrogen-bond acceptors (Lipinski definition) is 4. The van der Waals surface area contributed by atoms with Gasteiger partial charge >= 0.3 is 5.97 Å². The molecule has 6 heteroatoms. The maximum Gasteiger partial charge on any atom is 0.311 e. The molecule has 2 N–H and O–H groups in total. The average molecular weight is 264 g/mol. The van der Waals surface area contributed by atoms with E-state index >= 15 is 0 Å². The Morgan fingerprint density at radius 3 is 2.74 bits per heavy atom. The number of nitrogens with zero attached hydrogens (tertiary/aromatic N) is 1. The zero-order valence-corrected chi connectivity index (χ0v) is 10.5. The van der Waals surface area contributed by atoms with Gasteiger partial charge < -0.3 is 14.9 Å². The fourth-order valence-corrected chi connectivity index (χ4v) is 2.37. The number of carbonyl (C=O) groups is 2. The standard InChI is InChI=1S/C13H16N2O4/c16-11(9-6-10(19-15-9)8-2-3-8)14-7-13(12(17)18)4-1-5-13/h6,8H,1-5,7H2,(H,14,16)(H,17,18). The molecule has 1 amide bonds. The Labute approximate surface area is 110 Å². The van der Waals surface area contributed by atoms with E-state index in [2.05, 4.69) is 10.5 Å². The summed E-state index contributed by atoms with van der Waals surface area (Å²) in [7, 11) is 0. The number of carboxylic acids is 1. The van der Waals surface area contributed by atoms with Gasteiger partial charge in [-0.15, -0.1) is 0 Å². The van der Waals surface area contributed by atoms with Gasteiger partial charge in [-0.05, 0) is 25.7 Å². The number of aromatic nitrogens is 1. The van der Waals surface area contributed by atoms with Crippen LogP contribution in [0.5, 0.6) is 0 Å². The van der Waals surface area contributed by atoms with Crippen LogP contribution in [-0.2, 0) is 4.79 Å². The largest absolute Gasteiger partial charge is 0.481 e. The first-order valence-electron chi connectivity index (χ1n) is 6.59. The highest BCUT2D eigenvalue weighted by molar-refractivity contribution is 5.92. The van der Waals surface area contributed by atoms with Crippen LogP contribution in [0.3, 0.4) is 0 Å². The van der Waals surface area contributed by atoms with E-state index in [9.17, 15) is 9.59 Å². The van der Waals surface area contributed by atoms with Gasteiger partial charge in [0.25, 0.3) is 5.91 Å². The molecule has 3 rings (SSSR count). The van der Waals surface area contributed by atoms with Crippen molar-refractivity contribution in [3.05, 3.63) is 17.5 Å². The molecule has 2 fully saturated rings. The third kappa shape index (κ3) is 2.22. The molecule has 2 aliphatic rings. The highest BCUT2D eigenvalue weighted by Crippen LogP contribution is 2.41. The molecule has 1 heterocycles. The number of rotatable bonds is 5. The van der Waals surface area contributed by atoms with Gasteiger partial charge in [-0.25, -0.2) is 0 Å². The first kappa shape index (κ1) is 12.2. The molecule has 0 aromatic carbocycles.